The van der Waals surface area contributed by atoms with Crippen LogP contribution in [-0.4, -0.2) is 33.9 Å². The van der Waals surface area contributed by atoms with Gasteiger partial charge in [-0.1, -0.05) is 32.0 Å². The summed E-state index contributed by atoms with van der Waals surface area (Å²) in [5.41, 5.74) is 1.15. The zero-order valence-electron chi connectivity index (χ0n) is 17.9. The Morgan fingerprint density at radius 3 is 2.94 bits per heavy atom. The molecule has 0 bridgehead atoms. The summed E-state index contributed by atoms with van der Waals surface area (Å²) >= 11 is 3.40. The highest BCUT2D eigenvalue weighted by Gasteiger charge is 2.26. The van der Waals surface area contributed by atoms with E-state index in [1.165, 1.54) is 25.4 Å². The Morgan fingerprint density at radius 1 is 1.29 bits per heavy atom. The Bertz CT molecular complexity index is 1270. The number of fused-ring (bicyclic) bond motifs is 4. The lowest BCUT2D eigenvalue weighted by Gasteiger charge is -2.28. The Hall–Kier alpha value is -2.06. The van der Waals surface area contributed by atoms with Crippen molar-refractivity contribution in [3.63, 3.8) is 0 Å². The number of benzene rings is 1. The molecule has 7 heteroatoms. The first kappa shape index (κ1) is 20.8. The molecule has 0 aliphatic heterocycles. The quantitative estimate of drug-likeness (QED) is 0.459. The number of aromatic nitrogens is 2. The van der Waals surface area contributed by atoms with E-state index in [0.717, 1.165) is 36.0 Å². The lowest BCUT2D eigenvalue weighted by atomic mass is 9.90. The summed E-state index contributed by atoms with van der Waals surface area (Å²) in [6, 6.07) is 10.9. The van der Waals surface area contributed by atoms with Gasteiger partial charge in [-0.2, -0.15) is 0 Å². The molecule has 3 aromatic heterocycles. The number of nitrogens with zero attached hydrogens (tertiary/aromatic N) is 2. The van der Waals surface area contributed by atoms with Gasteiger partial charge < -0.3 is 10.4 Å². The molecule has 3 heterocycles. The Kier molecular flexibility index (Phi) is 5.46. The number of hydrogen-bond acceptors (Lipinski definition) is 6. The van der Waals surface area contributed by atoms with E-state index < -0.39 is 0 Å². The van der Waals surface area contributed by atoms with E-state index in [4.69, 9.17) is 0 Å². The molecule has 1 atom stereocenters. The van der Waals surface area contributed by atoms with Gasteiger partial charge in [-0.3, -0.25) is 9.36 Å². The first-order valence-electron chi connectivity index (χ1n) is 10.7. The minimum atomic E-state index is -0.123. The molecule has 4 aromatic rings. The van der Waals surface area contributed by atoms with Crippen LogP contribution in [0.2, 0.25) is 0 Å². The van der Waals surface area contributed by atoms with Crippen LogP contribution in [0, 0.1) is 5.41 Å². The molecule has 162 valence electrons. The molecule has 5 nitrogen and oxygen atoms in total. The van der Waals surface area contributed by atoms with Gasteiger partial charge in [0.1, 0.15) is 4.83 Å². The minimum absolute atomic E-state index is 0.0766. The van der Waals surface area contributed by atoms with Gasteiger partial charge in [-0.25, -0.2) is 4.98 Å². The molecule has 0 saturated heterocycles. The number of rotatable bonds is 6. The number of hydrogen-bond donors (Lipinski definition) is 2. The third-order valence-corrected chi connectivity index (χ3v) is 8.40. The molecule has 0 amide bonds. The number of nitrogens with one attached hydrogen (secondary N) is 1. The van der Waals surface area contributed by atoms with Crippen molar-refractivity contribution >= 4 is 43.0 Å². The van der Waals surface area contributed by atoms with Crippen LogP contribution in [0.15, 0.2) is 41.5 Å². The van der Waals surface area contributed by atoms with Crippen LogP contribution in [0.25, 0.3) is 20.3 Å². The van der Waals surface area contributed by atoms with E-state index in [-0.39, 0.29) is 17.6 Å². The fourth-order valence-corrected chi connectivity index (χ4v) is 6.57. The Labute approximate surface area is 189 Å². The van der Waals surface area contributed by atoms with Gasteiger partial charge >= 0.3 is 0 Å². The molecule has 1 aromatic carbocycles. The van der Waals surface area contributed by atoms with E-state index in [1.807, 2.05) is 12.1 Å². The van der Waals surface area contributed by atoms with Crippen molar-refractivity contribution < 1.29 is 5.11 Å². The molecule has 0 unspecified atom stereocenters. The lowest BCUT2D eigenvalue weighted by Crippen LogP contribution is -2.41. The minimum Gasteiger partial charge on any atom is -0.396 e. The van der Waals surface area contributed by atoms with Gasteiger partial charge in [0.25, 0.3) is 5.56 Å². The largest absolute Gasteiger partial charge is 0.396 e. The third kappa shape index (κ3) is 4.07. The molecule has 0 spiro atoms. The number of aliphatic hydroxyl groups is 1. The summed E-state index contributed by atoms with van der Waals surface area (Å²) in [6.45, 7) is 5.65. The second-order valence-electron chi connectivity index (χ2n) is 9.26. The molecule has 0 radical (unpaired) electrons. The summed E-state index contributed by atoms with van der Waals surface area (Å²) in [6.07, 6.45) is 4.53. The standard InChI is InChI=1S/C24H27N3O2S2/c1-24(2,13-28)12-25-16-7-8-18-20(10-16)31-22-21(18)23(29)27(14-26-22)11-17-9-15-5-3-4-6-19(15)30-17/h3-6,9,14,16,25,28H,7-8,10-13H2,1-2H3/t16-/m0/s1. The SMILES string of the molecule is CC(C)(CO)CN[C@H]1CCc2c(sc3ncn(Cc4cc5ccccc5s4)c(=O)c23)C1. The van der Waals surface area contributed by atoms with E-state index in [9.17, 15) is 9.90 Å². The van der Waals surface area contributed by atoms with Crippen molar-refractivity contribution in [3.05, 3.63) is 62.3 Å². The van der Waals surface area contributed by atoms with E-state index in [0.29, 0.717) is 12.6 Å². The maximum absolute atomic E-state index is 13.3. The molecule has 5 rings (SSSR count). The summed E-state index contributed by atoms with van der Waals surface area (Å²) in [4.78, 5) is 21.3. The fourth-order valence-electron chi connectivity index (χ4n) is 4.25. The smallest absolute Gasteiger partial charge is 0.262 e. The summed E-state index contributed by atoms with van der Waals surface area (Å²) < 4.78 is 3.00. The monoisotopic (exact) mass is 453 g/mol. The maximum Gasteiger partial charge on any atom is 0.262 e. The van der Waals surface area contributed by atoms with Crippen LogP contribution in [0.5, 0.6) is 0 Å². The van der Waals surface area contributed by atoms with Crippen molar-refractivity contribution in [1.82, 2.24) is 14.9 Å². The molecule has 31 heavy (non-hydrogen) atoms. The number of aliphatic hydroxyl groups excluding tert-OH is 1. The maximum atomic E-state index is 13.3. The van der Waals surface area contributed by atoms with Gasteiger partial charge in [-0.05, 0) is 42.3 Å². The van der Waals surface area contributed by atoms with E-state index >= 15 is 0 Å². The van der Waals surface area contributed by atoms with Gasteiger partial charge in [0.15, 0.2) is 0 Å². The predicted octanol–water partition coefficient (Wildman–Crippen LogP) is 4.19. The molecule has 1 aliphatic rings. The van der Waals surface area contributed by atoms with Crippen LogP contribution in [-0.2, 0) is 19.4 Å². The highest BCUT2D eigenvalue weighted by Crippen LogP contribution is 2.34. The van der Waals surface area contributed by atoms with Crippen LogP contribution in [0.1, 0.15) is 35.6 Å². The predicted molar refractivity (Wildman–Crippen MR) is 129 cm³/mol. The van der Waals surface area contributed by atoms with Crippen LogP contribution >= 0.6 is 22.7 Å². The van der Waals surface area contributed by atoms with Gasteiger partial charge in [-0.15, -0.1) is 22.7 Å². The first-order valence-corrected chi connectivity index (χ1v) is 12.4. The Morgan fingerprint density at radius 2 is 2.13 bits per heavy atom. The second-order valence-corrected chi connectivity index (χ2v) is 11.5. The van der Waals surface area contributed by atoms with Crippen LogP contribution < -0.4 is 10.9 Å². The number of aryl methyl sites for hydroxylation is 1. The van der Waals surface area contributed by atoms with Crippen molar-refractivity contribution in [1.29, 1.82) is 0 Å². The van der Waals surface area contributed by atoms with Crippen molar-refractivity contribution in [2.24, 2.45) is 5.41 Å². The summed E-state index contributed by atoms with van der Waals surface area (Å²) in [7, 11) is 0. The first-order chi connectivity index (χ1) is 14.9. The molecule has 2 N–H and O–H groups in total. The second kappa shape index (κ2) is 8.13. The summed E-state index contributed by atoms with van der Waals surface area (Å²) in [5.74, 6) is 0. The average Bonchev–Trinajstić information content (AvgIpc) is 3.34. The highest BCUT2D eigenvalue weighted by molar-refractivity contribution is 7.19. The van der Waals surface area contributed by atoms with Gasteiger partial charge in [0, 0.05) is 39.1 Å². The van der Waals surface area contributed by atoms with E-state index in [1.54, 1.807) is 33.6 Å². The van der Waals surface area contributed by atoms with Crippen molar-refractivity contribution in [2.75, 3.05) is 13.2 Å². The van der Waals surface area contributed by atoms with Crippen molar-refractivity contribution in [3.8, 4) is 0 Å². The zero-order chi connectivity index (χ0) is 21.6. The fraction of sp³-hybridized carbons (Fsp3) is 0.417. The van der Waals surface area contributed by atoms with Gasteiger partial charge in [0.2, 0.25) is 0 Å². The molecule has 0 fully saturated rings. The topological polar surface area (TPSA) is 67.2 Å². The third-order valence-electron chi connectivity index (χ3n) is 6.14. The molecular weight excluding hydrogens is 426 g/mol. The highest BCUT2D eigenvalue weighted by atomic mass is 32.1. The molecular formula is C24H27N3O2S2. The van der Waals surface area contributed by atoms with Crippen LogP contribution in [0.3, 0.4) is 0 Å². The Balaban J connectivity index is 1.40. The molecule has 0 saturated carbocycles. The normalized spacial score (nSPS) is 16.8. The number of thiophene rings is 2. The van der Waals surface area contributed by atoms with Gasteiger partial charge in [0.05, 0.1) is 18.3 Å². The zero-order valence-corrected chi connectivity index (χ0v) is 19.5. The van der Waals surface area contributed by atoms with Crippen molar-refractivity contribution in [2.45, 2.75) is 45.7 Å². The lowest BCUT2D eigenvalue weighted by molar-refractivity contribution is 0.152. The summed E-state index contributed by atoms with van der Waals surface area (Å²) in [5, 5.41) is 15.2. The van der Waals surface area contributed by atoms with Crippen LogP contribution in [0.4, 0.5) is 0 Å². The van der Waals surface area contributed by atoms with E-state index in [2.05, 4.69) is 42.3 Å². The molecule has 1 aliphatic carbocycles. The average molecular weight is 454 g/mol.